The lowest BCUT2D eigenvalue weighted by Gasteiger charge is -2.26. The number of anilines is 1. The molecule has 0 saturated carbocycles. The SMILES string of the molecule is CC(C)N(Cc1cccc(N)c1)C(=O)c1ccn(C)n1. The third kappa shape index (κ3) is 3.17. The Hall–Kier alpha value is -2.30. The number of carbonyl (C=O) groups excluding carboxylic acids is 1. The van der Waals surface area contributed by atoms with Crippen molar-refractivity contribution in [3.05, 3.63) is 47.8 Å². The number of aryl methyl sites for hydroxylation is 1. The third-order valence-electron chi connectivity index (χ3n) is 3.12. The number of hydrogen-bond donors (Lipinski definition) is 1. The van der Waals surface area contributed by atoms with Gasteiger partial charge in [-0.15, -0.1) is 0 Å². The van der Waals surface area contributed by atoms with Gasteiger partial charge in [0.05, 0.1) is 0 Å². The summed E-state index contributed by atoms with van der Waals surface area (Å²) in [6.07, 6.45) is 1.77. The first kappa shape index (κ1) is 14.1. The van der Waals surface area contributed by atoms with Crippen LogP contribution in [0.5, 0.6) is 0 Å². The van der Waals surface area contributed by atoms with Crippen LogP contribution in [0.15, 0.2) is 36.5 Å². The number of rotatable bonds is 4. The molecule has 0 aliphatic carbocycles. The van der Waals surface area contributed by atoms with E-state index in [1.54, 1.807) is 28.9 Å². The summed E-state index contributed by atoms with van der Waals surface area (Å²) < 4.78 is 1.63. The Labute approximate surface area is 119 Å². The van der Waals surface area contributed by atoms with Crippen LogP contribution in [0.3, 0.4) is 0 Å². The third-order valence-corrected chi connectivity index (χ3v) is 3.12. The minimum absolute atomic E-state index is 0.0666. The summed E-state index contributed by atoms with van der Waals surface area (Å²) in [5.41, 5.74) is 7.97. The summed E-state index contributed by atoms with van der Waals surface area (Å²) in [6, 6.07) is 9.42. The van der Waals surface area contributed by atoms with E-state index in [0.29, 0.717) is 17.9 Å². The fourth-order valence-corrected chi connectivity index (χ4v) is 2.05. The molecule has 0 saturated heterocycles. The van der Waals surface area contributed by atoms with Gasteiger partial charge >= 0.3 is 0 Å². The average molecular weight is 272 g/mol. The summed E-state index contributed by atoms with van der Waals surface area (Å²) in [5.74, 6) is -0.0666. The first-order valence-electron chi connectivity index (χ1n) is 6.62. The Balaban J connectivity index is 2.21. The van der Waals surface area contributed by atoms with Crippen molar-refractivity contribution in [2.24, 2.45) is 7.05 Å². The fourth-order valence-electron chi connectivity index (χ4n) is 2.05. The first-order valence-corrected chi connectivity index (χ1v) is 6.62. The quantitative estimate of drug-likeness (QED) is 0.866. The van der Waals surface area contributed by atoms with E-state index in [9.17, 15) is 4.79 Å². The van der Waals surface area contributed by atoms with Gasteiger partial charge in [-0.1, -0.05) is 12.1 Å². The molecule has 0 radical (unpaired) electrons. The second-order valence-corrected chi connectivity index (χ2v) is 5.15. The van der Waals surface area contributed by atoms with E-state index >= 15 is 0 Å². The molecule has 1 heterocycles. The van der Waals surface area contributed by atoms with Crippen LogP contribution in [0.25, 0.3) is 0 Å². The molecule has 2 N–H and O–H groups in total. The Bertz CT molecular complexity index is 603. The number of carbonyl (C=O) groups is 1. The van der Waals surface area contributed by atoms with Crippen molar-refractivity contribution < 1.29 is 4.79 Å². The van der Waals surface area contributed by atoms with Crippen LogP contribution in [0.4, 0.5) is 5.69 Å². The second-order valence-electron chi connectivity index (χ2n) is 5.15. The van der Waals surface area contributed by atoms with Crippen LogP contribution in [0, 0.1) is 0 Å². The van der Waals surface area contributed by atoms with Gasteiger partial charge in [-0.3, -0.25) is 9.48 Å². The lowest BCUT2D eigenvalue weighted by molar-refractivity contribution is 0.0683. The molecule has 0 aliphatic rings. The van der Waals surface area contributed by atoms with Crippen molar-refractivity contribution in [1.29, 1.82) is 0 Å². The normalized spacial score (nSPS) is 10.8. The molecule has 2 rings (SSSR count). The van der Waals surface area contributed by atoms with Gasteiger partial charge in [-0.2, -0.15) is 5.10 Å². The molecule has 5 heteroatoms. The molecule has 2 aromatic rings. The second kappa shape index (κ2) is 5.77. The average Bonchev–Trinajstić information content (AvgIpc) is 2.82. The molecule has 0 aliphatic heterocycles. The van der Waals surface area contributed by atoms with E-state index in [1.807, 2.05) is 38.1 Å². The monoisotopic (exact) mass is 272 g/mol. The van der Waals surface area contributed by atoms with Gasteiger partial charge in [0.15, 0.2) is 0 Å². The molecule has 0 fully saturated rings. The van der Waals surface area contributed by atoms with E-state index in [2.05, 4.69) is 5.10 Å². The summed E-state index contributed by atoms with van der Waals surface area (Å²) in [6.45, 7) is 4.51. The van der Waals surface area contributed by atoms with Gasteiger partial charge in [0.25, 0.3) is 5.91 Å². The molecule has 20 heavy (non-hydrogen) atoms. The van der Waals surface area contributed by atoms with E-state index < -0.39 is 0 Å². The Morgan fingerprint density at radius 2 is 2.15 bits per heavy atom. The molecule has 1 amide bonds. The summed E-state index contributed by atoms with van der Waals surface area (Å²) in [7, 11) is 1.80. The number of aromatic nitrogens is 2. The molecule has 1 aromatic heterocycles. The van der Waals surface area contributed by atoms with Crippen molar-refractivity contribution in [1.82, 2.24) is 14.7 Å². The molecule has 1 aromatic carbocycles. The Morgan fingerprint density at radius 1 is 1.40 bits per heavy atom. The highest BCUT2D eigenvalue weighted by Crippen LogP contribution is 2.14. The molecule has 0 bridgehead atoms. The highest BCUT2D eigenvalue weighted by atomic mass is 16.2. The number of amides is 1. The number of benzene rings is 1. The maximum absolute atomic E-state index is 12.5. The van der Waals surface area contributed by atoms with E-state index in [4.69, 9.17) is 5.73 Å². The zero-order valence-electron chi connectivity index (χ0n) is 12.1. The van der Waals surface area contributed by atoms with Crippen LogP contribution in [-0.4, -0.2) is 26.6 Å². The van der Waals surface area contributed by atoms with Gasteiger partial charge in [-0.25, -0.2) is 0 Å². The highest BCUT2D eigenvalue weighted by Gasteiger charge is 2.21. The summed E-state index contributed by atoms with van der Waals surface area (Å²) in [5, 5.41) is 4.17. The van der Waals surface area contributed by atoms with Crippen LogP contribution in [0.1, 0.15) is 29.9 Å². The zero-order chi connectivity index (χ0) is 14.7. The van der Waals surface area contributed by atoms with Crippen LogP contribution in [0.2, 0.25) is 0 Å². The van der Waals surface area contributed by atoms with Crippen molar-refractivity contribution in [3.63, 3.8) is 0 Å². The van der Waals surface area contributed by atoms with E-state index in [1.165, 1.54) is 0 Å². The molecular weight excluding hydrogens is 252 g/mol. The smallest absolute Gasteiger partial charge is 0.274 e. The minimum Gasteiger partial charge on any atom is -0.399 e. The Kier molecular flexibility index (Phi) is 4.08. The van der Waals surface area contributed by atoms with Crippen LogP contribution < -0.4 is 5.73 Å². The topological polar surface area (TPSA) is 64.2 Å². The van der Waals surface area contributed by atoms with Crippen LogP contribution >= 0.6 is 0 Å². The molecule has 0 spiro atoms. The zero-order valence-corrected chi connectivity index (χ0v) is 12.1. The van der Waals surface area contributed by atoms with Gasteiger partial charge < -0.3 is 10.6 Å². The predicted molar refractivity (Wildman–Crippen MR) is 79.1 cm³/mol. The number of nitrogens with two attached hydrogens (primary N) is 1. The van der Waals surface area contributed by atoms with Crippen molar-refractivity contribution in [2.45, 2.75) is 26.4 Å². The molecule has 106 valence electrons. The van der Waals surface area contributed by atoms with E-state index in [0.717, 1.165) is 5.56 Å². The number of hydrogen-bond acceptors (Lipinski definition) is 3. The maximum atomic E-state index is 12.5. The molecule has 0 unspecified atom stereocenters. The molecule has 5 nitrogen and oxygen atoms in total. The summed E-state index contributed by atoms with van der Waals surface area (Å²) >= 11 is 0. The molecular formula is C15H20N4O. The fraction of sp³-hybridized carbons (Fsp3) is 0.333. The van der Waals surface area contributed by atoms with Gasteiger partial charge in [0.2, 0.25) is 0 Å². The summed E-state index contributed by atoms with van der Waals surface area (Å²) in [4.78, 5) is 14.3. The molecule has 0 atom stereocenters. The van der Waals surface area contributed by atoms with Crippen molar-refractivity contribution in [2.75, 3.05) is 5.73 Å². The first-order chi connectivity index (χ1) is 9.47. The minimum atomic E-state index is -0.0666. The lowest BCUT2D eigenvalue weighted by Crippen LogP contribution is -2.36. The standard InChI is InChI=1S/C15H20N4O/c1-11(2)19(10-12-5-4-6-13(16)9-12)15(20)14-7-8-18(3)17-14/h4-9,11H,10,16H2,1-3H3. The predicted octanol–water partition coefficient (Wildman–Crippen LogP) is 2.05. The number of nitrogen functional groups attached to an aromatic ring is 1. The van der Waals surface area contributed by atoms with E-state index in [-0.39, 0.29) is 11.9 Å². The Morgan fingerprint density at radius 3 is 2.70 bits per heavy atom. The highest BCUT2D eigenvalue weighted by molar-refractivity contribution is 5.92. The van der Waals surface area contributed by atoms with Crippen molar-refractivity contribution in [3.8, 4) is 0 Å². The largest absolute Gasteiger partial charge is 0.399 e. The van der Waals surface area contributed by atoms with Crippen LogP contribution in [-0.2, 0) is 13.6 Å². The number of nitrogens with zero attached hydrogens (tertiary/aromatic N) is 3. The van der Waals surface area contributed by atoms with Gasteiger partial charge in [0, 0.05) is 31.5 Å². The van der Waals surface area contributed by atoms with Gasteiger partial charge in [-0.05, 0) is 37.6 Å². The van der Waals surface area contributed by atoms with Crippen molar-refractivity contribution >= 4 is 11.6 Å². The van der Waals surface area contributed by atoms with Gasteiger partial charge in [0.1, 0.15) is 5.69 Å². The maximum Gasteiger partial charge on any atom is 0.274 e. The lowest BCUT2D eigenvalue weighted by atomic mass is 10.1.